The quantitative estimate of drug-likeness (QED) is 0.695. The van der Waals surface area contributed by atoms with Crippen LogP contribution in [0, 0.1) is 11.6 Å². The van der Waals surface area contributed by atoms with Gasteiger partial charge < -0.3 is 15.4 Å². The molecule has 1 amide bonds. The average molecular weight is 370 g/mol. The number of aromatic nitrogens is 2. The molecular weight excluding hydrogens is 354 g/mol. The lowest BCUT2D eigenvalue weighted by Gasteiger charge is -2.07. The van der Waals surface area contributed by atoms with Crippen molar-refractivity contribution in [3.05, 3.63) is 77.5 Å². The first-order chi connectivity index (χ1) is 13.0. The molecule has 0 bridgehead atoms. The molecular formula is C19H16F2N4O2. The van der Waals surface area contributed by atoms with Crippen LogP contribution in [0.15, 0.2) is 54.6 Å². The molecule has 0 spiro atoms. The number of rotatable bonds is 6. The second-order valence-corrected chi connectivity index (χ2v) is 5.59. The van der Waals surface area contributed by atoms with E-state index in [0.717, 1.165) is 23.4 Å². The van der Waals surface area contributed by atoms with E-state index in [1.54, 1.807) is 19.2 Å². The Morgan fingerprint density at radius 1 is 1.00 bits per heavy atom. The van der Waals surface area contributed by atoms with Gasteiger partial charge in [-0.05, 0) is 42.0 Å². The highest BCUT2D eigenvalue weighted by Gasteiger charge is 2.09. The third-order valence-corrected chi connectivity index (χ3v) is 3.70. The van der Waals surface area contributed by atoms with Crippen molar-refractivity contribution < 1.29 is 18.3 Å². The zero-order chi connectivity index (χ0) is 19.2. The Hall–Kier alpha value is -3.55. The van der Waals surface area contributed by atoms with E-state index in [1.165, 1.54) is 18.2 Å². The van der Waals surface area contributed by atoms with Gasteiger partial charge in [0.25, 0.3) is 5.91 Å². The lowest BCUT2D eigenvalue weighted by atomic mass is 10.2. The third-order valence-electron chi connectivity index (χ3n) is 3.70. The molecule has 6 nitrogen and oxygen atoms in total. The molecule has 2 N–H and O–H groups in total. The van der Waals surface area contributed by atoms with E-state index in [2.05, 4.69) is 20.8 Å². The normalized spacial score (nSPS) is 10.3. The summed E-state index contributed by atoms with van der Waals surface area (Å²) in [6, 6.07) is 13.7. The Balaban J connectivity index is 1.58. The van der Waals surface area contributed by atoms with Crippen LogP contribution >= 0.6 is 0 Å². The zero-order valence-corrected chi connectivity index (χ0v) is 14.4. The Morgan fingerprint density at radius 2 is 1.78 bits per heavy atom. The van der Waals surface area contributed by atoms with E-state index in [1.807, 2.05) is 12.1 Å². The van der Waals surface area contributed by atoms with E-state index in [-0.39, 0.29) is 11.6 Å². The van der Waals surface area contributed by atoms with Crippen molar-refractivity contribution in [2.75, 3.05) is 12.4 Å². The number of hydrogen-bond acceptors (Lipinski definition) is 5. The van der Waals surface area contributed by atoms with E-state index >= 15 is 0 Å². The number of anilines is 2. The summed E-state index contributed by atoms with van der Waals surface area (Å²) in [5.74, 6) is -1.25. The van der Waals surface area contributed by atoms with Crippen molar-refractivity contribution in [2.24, 2.45) is 0 Å². The summed E-state index contributed by atoms with van der Waals surface area (Å²) >= 11 is 0. The van der Waals surface area contributed by atoms with Crippen LogP contribution in [0.5, 0.6) is 5.75 Å². The Morgan fingerprint density at radius 3 is 2.41 bits per heavy atom. The number of nitrogens with zero attached hydrogens (tertiary/aromatic N) is 2. The van der Waals surface area contributed by atoms with Crippen LogP contribution in [0.1, 0.15) is 16.1 Å². The van der Waals surface area contributed by atoms with Crippen molar-refractivity contribution in [3.63, 3.8) is 0 Å². The summed E-state index contributed by atoms with van der Waals surface area (Å²) in [6.45, 7) is 0.333. The number of carbonyl (C=O) groups excluding carboxylic acids is 1. The molecule has 0 aliphatic rings. The van der Waals surface area contributed by atoms with Gasteiger partial charge in [-0.2, -0.15) is 0 Å². The maximum absolute atomic E-state index is 13.2. The van der Waals surface area contributed by atoms with Gasteiger partial charge >= 0.3 is 0 Å². The van der Waals surface area contributed by atoms with Crippen LogP contribution in [0.2, 0.25) is 0 Å². The molecule has 8 heteroatoms. The summed E-state index contributed by atoms with van der Waals surface area (Å²) in [5.41, 5.74) is 1.37. The minimum atomic E-state index is -0.970. The molecule has 0 fully saturated rings. The monoisotopic (exact) mass is 370 g/mol. The molecule has 3 rings (SSSR count). The maximum atomic E-state index is 13.2. The predicted octanol–water partition coefficient (Wildman–Crippen LogP) is 3.44. The van der Waals surface area contributed by atoms with Crippen LogP contribution in [-0.4, -0.2) is 23.2 Å². The van der Waals surface area contributed by atoms with Crippen molar-refractivity contribution in [3.8, 4) is 5.75 Å². The second-order valence-electron chi connectivity index (χ2n) is 5.59. The van der Waals surface area contributed by atoms with Crippen LogP contribution < -0.4 is 15.4 Å². The molecule has 2 aromatic carbocycles. The number of ether oxygens (including phenoxy) is 1. The smallest absolute Gasteiger partial charge is 0.272 e. The number of amides is 1. The third kappa shape index (κ3) is 4.75. The largest absolute Gasteiger partial charge is 0.497 e. The molecule has 3 aromatic rings. The Bertz CT molecular complexity index is 931. The fourth-order valence-electron chi connectivity index (χ4n) is 2.26. The number of carbonyl (C=O) groups is 1. The number of nitrogens with one attached hydrogen (secondary N) is 2. The first-order valence-electron chi connectivity index (χ1n) is 8.02. The zero-order valence-electron chi connectivity index (χ0n) is 14.4. The number of halogens is 2. The van der Waals surface area contributed by atoms with E-state index in [0.29, 0.717) is 18.1 Å². The van der Waals surface area contributed by atoms with Gasteiger partial charge in [0.1, 0.15) is 5.75 Å². The highest BCUT2D eigenvalue weighted by Crippen LogP contribution is 2.17. The van der Waals surface area contributed by atoms with Crippen LogP contribution in [0.25, 0.3) is 0 Å². The van der Waals surface area contributed by atoms with E-state index in [9.17, 15) is 13.6 Å². The standard InChI is InChI=1S/C19H16F2N4O2/c1-27-14-5-2-12(3-6-14)11-22-19(26)17-8-9-18(25-24-17)23-13-4-7-15(20)16(21)10-13/h2-10H,11H2,1H3,(H,22,26)(H,23,25). The van der Waals surface area contributed by atoms with Gasteiger partial charge in [-0.15, -0.1) is 10.2 Å². The minimum Gasteiger partial charge on any atom is -0.497 e. The molecule has 0 atom stereocenters. The number of hydrogen-bond donors (Lipinski definition) is 2. The van der Waals surface area contributed by atoms with Gasteiger partial charge in [-0.25, -0.2) is 8.78 Å². The van der Waals surface area contributed by atoms with Gasteiger partial charge in [0.05, 0.1) is 7.11 Å². The first-order valence-corrected chi connectivity index (χ1v) is 8.02. The van der Waals surface area contributed by atoms with Crippen molar-refractivity contribution in [1.82, 2.24) is 15.5 Å². The molecule has 27 heavy (non-hydrogen) atoms. The first kappa shape index (κ1) is 18.2. The summed E-state index contributed by atoms with van der Waals surface area (Å²) in [4.78, 5) is 12.1. The summed E-state index contributed by atoms with van der Waals surface area (Å²) in [7, 11) is 1.58. The van der Waals surface area contributed by atoms with Gasteiger partial charge in [-0.3, -0.25) is 4.79 Å². The minimum absolute atomic E-state index is 0.138. The van der Waals surface area contributed by atoms with Gasteiger partial charge in [0, 0.05) is 18.3 Å². The molecule has 0 unspecified atom stereocenters. The van der Waals surface area contributed by atoms with Crippen molar-refractivity contribution in [1.29, 1.82) is 0 Å². The molecule has 0 radical (unpaired) electrons. The predicted molar refractivity (Wildman–Crippen MR) is 95.8 cm³/mol. The fourth-order valence-corrected chi connectivity index (χ4v) is 2.26. The van der Waals surface area contributed by atoms with E-state index in [4.69, 9.17) is 4.74 Å². The van der Waals surface area contributed by atoms with Gasteiger partial charge in [-0.1, -0.05) is 12.1 Å². The molecule has 0 aliphatic carbocycles. The lowest BCUT2D eigenvalue weighted by Crippen LogP contribution is -2.24. The summed E-state index contributed by atoms with van der Waals surface area (Å²) in [5, 5.41) is 13.2. The Kier molecular flexibility index (Phi) is 5.55. The second kappa shape index (κ2) is 8.22. The lowest BCUT2D eigenvalue weighted by molar-refractivity contribution is 0.0945. The highest BCUT2D eigenvalue weighted by atomic mass is 19.2. The SMILES string of the molecule is COc1ccc(CNC(=O)c2ccc(Nc3ccc(F)c(F)c3)nn2)cc1. The van der Waals surface area contributed by atoms with E-state index < -0.39 is 11.6 Å². The van der Waals surface area contributed by atoms with Crippen molar-refractivity contribution in [2.45, 2.75) is 6.54 Å². The molecule has 1 aromatic heterocycles. The van der Waals surface area contributed by atoms with Gasteiger partial charge in [0.15, 0.2) is 23.1 Å². The molecule has 138 valence electrons. The topological polar surface area (TPSA) is 76.1 Å². The molecule has 0 saturated heterocycles. The summed E-state index contributed by atoms with van der Waals surface area (Å²) in [6.07, 6.45) is 0. The van der Waals surface area contributed by atoms with Gasteiger partial charge in [0.2, 0.25) is 0 Å². The van der Waals surface area contributed by atoms with Crippen LogP contribution in [0.4, 0.5) is 20.3 Å². The average Bonchev–Trinajstić information content (AvgIpc) is 2.70. The number of methoxy groups -OCH3 is 1. The van der Waals surface area contributed by atoms with Crippen molar-refractivity contribution >= 4 is 17.4 Å². The summed E-state index contributed by atoms with van der Waals surface area (Å²) < 4.78 is 31.2. The molecule has 0 aliphatic heterocycles. The number of benzene rings is 2. The fraction of sp³-hybridized carbons (Fsp3) is 0.105. The molecule has 1 heterocycles. The highest BCUT2D eigenvalue weighted by molar-refractivity contribution is 5.92. The molecule has 0 saturated carbocycles. The van der Waals surface area contributed by atoms with Crippen LogP contribution in [0.3, 0.4) is 0 Å². The Labute approximate surface area is 154 Å². The maximum Gasteiger partial charge on any atom is 0.272 e. The van der Waals surface area contributed by atoms with Crippen LogP contribution in [-0.2, 0) is 6.54 Å².